The molecule has 0 N–H and O–H groups in total. The highest BCUT2D eigenvalue weighted by atomic mass is 35.5. The van der Waals surface area contributed by atoms with Crippen LogP contribution in [0.3, 0.4) is 0 Å². The van der Waals surface area contributed by atoms with Crippen molar-refractivity contribution in [2.75, 3.05) is 0 Å². The van der Waals surface area contributed by atoms with Crippen molar-refractivity contribution in [2.45, 2.75) is 70.1 Å². The van der Waals surface area contributed by atoms with Gasteiger partial charge >= 0.3 is 0 Å². The highest BCUT2D eigenvalue weighted by molar-refractivity contribution is 6.30. The molecule has 2 saturated carbocycles. The minimum atomic E-state index is -0.272. The quantitative estimate of drug-likeness (QED) is 0.482. The van der Waals surface area contributed by atoms with Gasteiger partial charge in [0.15, 0.2) is 0 Å². The lowest BCUT2D eigenvalue weighted by atomic mass is 9.74. The molecule has 0 radical (unpaired) electrons. The summed E-state index contributed by atoms with van der Waals surface area (Å²) in [6.07, 6.45) is 15.5. The zero-order valence-electron chi connectivity index (χ0n) is 14.7. The maximum absolute atomic E-state index is 13.7. The van der Waals surface area contributed by atoms with Gasteiger partial charge in [0.1, 0.15) is 5.82 Å². The number of hydrogen-bond donors (Lipinski definition) is 0. The van der Waals surface area contributed by atoms with E-state index in [4.69, 9.17) is 11.6 Å². The van der Waals surface area contributed by atoms with Gasteiger partial charge in [-0.3, -0.25) is 0 Å². The van der Waals surface area contributed by atoms with E-state index in [0.29, 0.717) is 5.92 Å². The molecule has 2 aliphatic carbocycles. The molecule has 0 saturated heterocycles. The smallest absolute Gasteiger partial charge is 0.142 e. The predicted molar refractivity (Wildman–Crippen MR) is 101 cm³/mol. The second-order valence-corrected chi connectivity index (χ2v) is 8.39. The number of hydrogen-bond acceptors (Lipinski definition) is 0. The van der Waals surface area contributed by atoms with Gasteiger partial charge in [-0.05, 0) is 92.7 Å². The third kappa shape index (κ3) is 4.63. The fourth-order valence-corrected chi connectivity index (χ4v) is 4.85. The van der Waals surface area contributed by atoms with Crippen LogP contribution in [-0.4, -0.2) is 0 Å². The molecule has 0 spiro atoms. The van der Waals surface area contributed by atoms with E-state index in [1.165, 1.54) is 64.2 Å². The van der Waals surface area contributed by atoms with Crippen molar-refractivity contribution >= 4 is 11.6 Å². The monoisotopic (exact) mass is 348 g/mol. The van der Waals surface area contributed by atoms with Crippen LogP contribution in [0.5, 0.6) is 0 Å². The minimum Gasteiger partial charge on any atom is -0.205 e. The molecule has 24 heavy (non-hydrogen) atoms. The summed E-state index contributed by atoms with van der Waals surface area (Å²) in [4.78, 5) is 0. The van der Waals surface area contributed by atoms with Crippen molar-refractivity contribution in [3.05, 3.63) is 47.3 Å². The Morgan fingerprint density at radius 1 is 0.958 bits per heavy atom. The third-order valence-corrected chi connectivity index (χ3v) is 6.78. The molecule has 0 aromatic heterocycles. The Balaban J connectivity index is 1.40. The van der Waals surface area contributed by atoms with E-state index in [1.54, 1.807) is 12.1 Å². The van der Waals surface area contributed by atoms with Crippen molar-refractivity contribution < 1.29 is 4.39 Å². The first kappa shape index (κ1) is 18.0. The fraction of sp³-hybridized carbons (Fsp3) is 0.636. The molecule has 0 amide bonds. The molecular weight excluding hydrogens is 319 g/mol. The van der Waals surface area contributed by atoms with Crippen LogP contribution in [0.2, 0.25) is 5.02 Å². The maximum Gasteiger partial charge on any atom is 0.142 e. The average Bonchev–Trinajstić information content (AvgIpc) is 2.63. The Morgan fingerprint density at radius 2 is 1.54 bits per heavy atom. The molecule has 2 heteroatoms. The maximum atomic E-state index is 13.7. The molecule has 0 nitrogen and oxygen atoms in total. The number of halogens is 2. The topological polar surface area (TPSA) is 0 Å². The normalized spacial score (nSPS) is 30.9. The van der Waals surface area contributed by atoms with Crippen LogP contribution in [0.25, 0.3) is 0 Å². The zero-order valence-corrected chi connectivity index (χ0v) is 15.4. The minimum absolute atomic E-state index is 0.235. The highest BCUT2D eigenvalue weighted by Gasteiger charge is 2.25. The molecule has 2 fully saturated rings. The van der Waals surface area contributed by atoms with Gasteiger partial charge in [-0.15, -0.1) is 6.58 Å². The first-order chi connectivity index (χ1) is 11.7. The standard InChI is InChI=1S/C22H30ClF/c1-2-16-3-5-17(6-4-16)7-8-18-9-11-19(12-10-18)20-13-14-21(23)22(24)15-20/h2,13-19H,1,3-12H2. The van der Waals surface area contributed by atoms with Crippen molar-refractivity contribution in [3.63, 3.8) is 0 Å². The summed E-state index contributed by atoms with van der Waals surface area (Å²) in [5.74, 6) is 2.86. The molecule has 1 aromatic rings. The van der Waals surface area contributed by atoms with Gasteiger partial charge in [0, 0.05) is 0 Å². The zero-order chi connectivity index (χ0) is 16.9. The lowest BCUT2D eigenvalue weighted by Crippen LogP contribution is -2.17. The van der Waals surface area contributed by atoms with Gasteiger partial charge in [-0.1, -0.05) is 36.6 Å². The third-order valence-electron chi connectivity index (χ3n) is 6.47. The lowest BCUT2D eigenvalue weighted by Gasteiger charge is -2.31. The van der Waals surface area contributed by atoms with Gasteiger partial charge in [0.2, 0.25) is 0 Å². The molecule has 0 aliphatic heterocycles. The van der Waals surface area contributed by atoms with Crippen LogP contribution in [0.15, 0.2) is 30.9 Å². The highest BCUT2D eigenvalue weighted by Crippen LogP contribution is 2.40. The Bertz CT molecular complexity index is 537. The Labute approximate surface area is 151 Å². The van der Waals surface area contributed by atoms with Crippen LogP contribution < -0.4 is 0 Å². The number of allylic oxidation sites excluding steroid dienone is 1. The Morgan fingerprint density at radius 3 is 2.08 bits per heavy atom. The molecule has 0 heterocycles. The average molecular weight is 349 g/mol. The summed E-state index contributed by atoms with van der Waals surface area (Å²) in [6.45, 7) is 3.94. The summed E-state index contributed by atoms with van der Waals surface area (Å²) in [5.41, 5.74) is 1.14. The summed E-state index contributed by atoms with van der Waals surface area (Å²) in [5, 5.41) is 0.235. The molecule has 1 aromatic carbocycles. The largest absolute Gasteiger partial charge is 0.205 e. The van der Waals surface area contributed by atoms with Crippen molar-refractivity contribution in [3.8, 4) is 0 Å². The molecule has 0 atom stereocenters. The summed E-state index contributed by atoms with van der Waals surface area (Å²) < 4.78 is 13.7. The molecule has 0 unspecified atom stereocenters. The summed E-state index contributed by atoms with van der Waals surface area (Å²) in [7, 11) is 0. The van der Waals surface area contributed by atoms with E-state index >= 15 is 0 Å². The van der Waals surface area contributed by atoms with E-state index in [1.807, 2.05) is 6.07 Å². The molecular formula is C22H30ClF. The lowest BCUT2D eigenvalue weighted by molar-refractivity contribution is 0.246. The van der Waals surface area contributed by atoms with Crippen LogP contribution in [0.4, 0.5) is 4.39 Å². The molecule has 0 bridgehead atoms. The molecule has 2 aliphatic rings. The predicted octanol–water partition coefficient (Wildman–Crippen LogP) is 7.53. The Hall–Kier alpha value is -0.820. The van der Waals surface area contributed by atoms with Crippen molar-refractivity contribution in [1.82, 2.24) is 0 Å². The van der Waals surface area contributed by atoms with Crippen LogP contribution in [0.1, 0.15) is 75.7 Å². The number of benzene rings is 1. The van der Waals surface area contributed by atoms with E-state index in [2.05, 4.69) is 12.7 Å². The SMILES string of the molecule is C=CC1CCC(CCC2CCC(c3ccc(Cl)c(F)c3)CC2)CC1. The summed E-state index contributed by atoms with van der Waals surface area (Å²) in [6, 6.07) is 5.36. The number of rotatable bonds is 5. The van der Waals surface area contributed by atoms with Gasteiger partial charge in [0.05, 0.1) is 5.02 Å². The van der Waals surface area contributed by atoms with Gasteiger partial charge in [-0.2, -0.15) is 0 Å². The van der Waals surface area contributed by atoms with E-state index in [-0.39, 0.29) is 10.8 Å². The van der Waals surface area contributed by atoms with Crippen molar-refractivity contribution in [1.29, 1.82) is 0 Å². The van der Waals surface area contributed by atoms with Crippen LogP contribution in [-0.2, 0) is 0 Å². The molecule has 132 valence electrons. The van der Waals surface area contributed by atoms with Crippen molar-refractivity contribution in [2.24, 2.45) is 17.8 Å². The van der Waals surface area contributed by atoms with Gasteiger partial charge in [-0.25, -0.2) is 4.39 Å². The molecule has 3 rings (SSSR count). The second kappa shape index (κ2) is 8.52. The van der Waals surface area contributed by atoms with Gasteiger partial charge < -0.3 is 0 Å². The van der Waals surface area contributed by atoms with E-state index in [0.717, 1.165) is 23.3 Å². The van der Waals surface area contributed by atoms with E-state index in [9.17, 15) is 4.39 Å². The summed E-state index contributed by atoms with van der Waals surface area (Å²) >= 11 is 5.80. The first-order valence-corrected chi connectivity index (χ1v) is 10.1. The second-order valence-electron chi connectivity index (χ2n) is 7.99. The fourth-order valence-electron chi connectivity index (χ4n) is 4.73. The Kier molecular flexibility index (Phi) is 6.38. The van der Waals surface area contributed by atoms with Crippen LogP contribution in [0, 0.1) is 23.6 Å². The van der Waals surface area contributed by atoms with E-state index < -0.39 is 0 Å². The van der Waals surface area contributed by atoms with Gasteiger partial charge in [0.25, 0.3) is 0 Å². The first-order valence-electron chi connectivity index (χ1n) is 9.73. The van der Waals surface area contributed by atoms with Crippen LogP contribution >= 0.6 is 11.6 Å².